The van der Waals surface area contributed by atoms with Crippen LogP contribution in [-0.2, 0) is 66.8 Å². The highest BCUT2D eigenvalue weighted by atomic mass is 16.6. The standard InChI is InChI=1S/C20H30N2O9.C12H20O5/c1-3-18(26)30-11-12-31-19(27)7-5-4-6-10-29-20(28)14-17(25)22-9-8-21-16(24)13-15(2)23;1-3-11(13)16-9-10-17-12(14)7-5-4-6-8-15-2/h3H,1,4-14H2,2H3,(H,21,24)(H,22,25);3H,1,4-10H2,2H3. The van der Waals surface area contributed by atoms with E-state index in [1.165, 1.54) is 6.92 Å². The number of ether oxygens (including phenoxy) is 6. The van der Waals surface area contributed by atoms with Crippen molar-refractivity contribution in [3.8, 4) is 0 Å². The smallest absolute Gasteiger partial charge is 0.330 e. The number of Topliss-reactive ketones (excluding diaryl/α,β-unsaturated/α-hetero) is 1. The van der Waals surface area contributed by atoms with E-state index >= 15 is 0 Å². The molecule has 0 radical (unpaired) electrons. The molecular formula is C32H50N2O14. The van der Waals surface area contributed by atoms with E-state index in [4.69, 9.17) is 18.9 Å². The van der Waals surface area contributed by atoms with E-state index in [0.717, 1.165) is 31.4 Å². The molecule has 0 heterocycles. The third kappa shape index (κ3) is 34.3. The van der Waals surface area contributed by atoms with Gasteiger partial charge in [0.25, 0.3) is 0 Å². The van der Waals surface area contributed by atoms with Crippen LogP contribution in [0.3, 0.4) is 0 Å². The molecule has 0 saturated carbocycles. The summed E-state index contributed by atoms with van der Waals surface area (Å²) in [7, 11) is 1.65. The van der Waals surface area contributed by atoms with Gasteiger partial charge in [-0.2, -0.15) is 0 Å². The van der Waals surface area contributed by atoms with Crippen molar-refractivity contribution in [3.05, 3.63) is 25.3 Å². The number of unbranched alkanes of at least 4 members (excludes halogenated alkanes) is 4. The lowest BCUT2D eigenvalue weighted by Gasteiger charge is -2.07. The quantitative estimate of drug-likeness (QED) is 0.0411. The number of esters is 5. The van der Waals surface area contributed by atoms with Crippen molar-refractivity contribution in [3.63, 3.8) is 0 Å². The van der Waals surface area contributed by atoms with Gasteiger partial charge in [-0.1, -0.05) is 19.6 Å². The molecule has 0 aliphatic rings. The average Bonchev–Trinajstić information content (AvgIpc) is 3.04. The van der Waals surface area contributed by atoms with Crippen LogP contribution >= 0.6 is 0 Å². The van der Waals surface area contributed by atoms with Gasteiger partial charge in [-0.3, -0.25) is 28.8 Å². The number of methoxy groups -OCH3 is 1. The minimum atomic E-state index is -0.674. The van der Waals surface area contributed by atoms with Crippen molar-refractivity contribution in [1.82, 2.24) is 10.6 Å². The summed E-state index contributed by atoms with van der Waals surface area (Å²) in [4.78, 5) is 89.2. The van der Waals surface area contributed by atoms with E-state index in [2.05, 4.69) is 33.3 Å². The Morgan fingerprint density at radius 2 is 0.938 bits per heavy atom. The highest BCUT2D eigenvalue weighted by molar-refractivity contribution is 5.97. The van der Waals surface area contributed by atoms with Crippen LogP contribution in [0.25, 0.3) is 0 Å². The first-order valence-corrected chi connectivity index (χ1v) is 15.5. The fourth-order valence-electron chi connectivity index (χ4n) is 3.22. The van der Waals surface area contributed by atoms with Gasteiger partial charge in [-0.15, -0.1) is 0 Å². The van der Waals surface area contributed by atoms with Gasteiger partial charge in [0.05, 0.1) is 13.0 Å². The molecule has 0 aliphatic carbocycles. The zero-order valence-electron chi connectivity index (χ0n) is 28.0. The lowest BCUT2D eigenvalue weighted by atomic mass is 10.2. The largest absolute Gasteiger partial charge is 0.465 e. The van der Waals surface area contributed by atoms with Crippen LogP contribution in [0, 0.1) is 0 Å². The normalized spacial score (nSPS) is 9.79. The molecule has 0 spiro atoms. The molecule has 0 unspecified atom stereocenters. The summed E-state index contributed by atoms with van der Waals surface area (Å²) < 4.78 is 28.9. The maximum Gasteiger partial charge on any atom is 0.330 e. The zero-order chi connectivity index (χ0) is 36.4. The van der Waals surface area contributed by atoms with Crippen molar-refractivity contribution in [2.45, 2.75) is 71.1 Å². The lowest BCUT2D eigenvalue weighted by molar-refractivity contribution is -0.150. The Kier molecular flexibility index (Phi) is 30.7. The van der Waals surface area contributed by atoms with Gasteiger partial charge in [-0.25, -0.2) is 9.59 Å². The van der Waals surface area contributed by atoms with Crippen molar-refractivity contribution < 1.29 is 66.8 Å². The monoisotopic (exact) mass is 686 g/mol. The van der Waals surface area contributed by atoms with Gasteiger partial charge in [0.2, 0.25) is 11.8 Å². The summed E-state index contributed by atoms with van der Waals surface area (Å²) in [5.74, 6) is -3.67. The second-order valence-corrected chi connectivity index (χ2v) is 9.77. The Bertz CT molecular complexity index is 1030. The van der Waals surface area contributed by atoms with E-state index in [1.807, 2.05) is 0 Å². The summed E-state index contributed by atoms with van der Waals surface area (Å²) in [5.41, 5.74) is 0. The Balaban J connectivity index is 0. The number of nitrogens with one attached hydrogen (secondary N) is 2. The fourth-order valence-corrected chi connectivity index (χ4v) is 3.22. The van der Waals surface area contributed by atoms with E-state index in [9.17, 15) is 38.4 Å². The maximum atomic E-state index is 11.6. The predicted molar refractivity (Wildman–Crippen MR) is 170 cm³/mol. The Hall–Kier alpha value is -4.60. The number of ketones is 1. The van der Waals surface area contributed by atoms with Gasteiger partial charge in [0, 0.05) is 51.8 Å². The van der Waals surface area contributed by atoms with E-state index < -0.39 is 42.1 Å². The molecule has 0 aromatic rings. The first kappa shape index (κ1) is 45.5. The highest BCUT2D eigenvalue weighted by Crippen LogP contribution is 2.03. The van der Waals surface area contributed by atoms with Crippen LogP contribution in [0.2, 0.25) is 0 Å². The number of carbonyl (C=O) groups is 8. The van der Waals surface area contributed by atoms with Crippen molar-refractivity contribution in [2.24, 2.45) is 0 Å². The average molecular weight is 687 g/mol. The number of rotatable bonds is 27. The Morgan fingerprint density at radius 1 is 0.521 bits per heavy atom. The highest BCUT2D eigenvalue weighted by Gasteiger charge is 2.11. The molecule has 16 nitrogen and oxygen atoms in total. The summed E-state index contributed by atoms with van der Waals surface area (Å²) >= 11 is 0. The van der Waals surface area contributed by atoms with Crippen molar-refractivity contribution in [1.29, 1.82) is 0 Å². The van der Waals surface area contributed by atoms with Crippen LogP contribution in [-0.4, -0.2) is 107 Å². The summed E-state index contributed by atoms with van der Waals surface area (Å²) in [6.45, 7) is 9.01. The lowest BCUT2D eigenvalue weighted by Crippen LogP contribution is -2.36. The molecule has 2 N–H and O–H groups in total. The predicted octanol–water partition coefficient (Wildman–Crippen LogP) is 1.43. The molecule has 16 heteroatoms. The van der Waals surface area contributed by atoms with Crippen LogP contribution in [0.15, 0.2) is 25.3 Å². The molecule has 0 aromatic heterocycles. The molecule has 272 valence electrons. The summed E-state index contributed by atoms with van der Waals surface area (Å²) in [6, 6.07) is 0. The van der Waals surface area contributed by atoms with Crippen molar-refractivity contribution >= 4 is 47.4 Å². The maximum absolute atomic E-state index is 11.6. The van der Waals surface area contributed by atoms with E-state index in [0.29, 0.717) is 32.3 Å². The van der Waals surface area contributed by atoms with Crippen LogP contribution in [0.5, 0.6) is 0 Å². The fraction of sp³-hybridized carbons (Fsp3) is 0.625. The third-order valence-corrected chi connectivity index (χ3v) is 5.52. The van der Waals surface area contributed by atoms with Gasteiger partial charge in [0.1, 0.15) is 38.6 Å². The first-order valence-electron chi connectivity index (χ1n) is 15.5. The molecule has 0 bridgehead atoms. The van der Waals surface area contributed by atoms with Crippen LogP contribution in [0.1, 0.15) is 71.1 Å². The third-order valence-electron chi connectivity index (χ3n) is 5.52. The van der Waals surface area contributed by atoms with Crippen LogP contribution < -0.4 is 10.6 Å². The first-order chi connectivity index (χ1) is 22.9. The zero-order valence-corrected chi connectivity index (χ0v) is 28.0. The van der Waals surface area contributed by atoms with Gasteiger partial charge in [-0.05, 0) is 39.0 Å². The molecule has 48 heavy (non-hydrogen) atoms. The van der Waals surface area contributed by atoms with Gasteiger partial charge < -0.3 is 39.1 Å². The minimum absolute atomic E-state index is 0.0249. The Labute approximate surface area is 281 Å². The van der Waals surface area contributed by atoms with E-state index in [1.54, 1.807) is 7.11 Å². The molecule has 0 atom stereocenters. The molecule has 0 rings (SSSR count). The molecule has 0 aliphatic heterocycles. The molecule has 2 amide bonds. The summed E-state index contributed by atoms with van der Waals surface area (Å²) in [5, 5.41) is 4.91. The number of hydrogen-bond donors (Lipinski definition) is 2. The van der Waals surface area contributed by atoms with Crippen molar-refractivity contribution in [2.75, 3.05) is 59.8 Å². The molecule has 0 saturated heterocycles. The number of hydrogen-bond acceptors (Lipinski definition) is 14. The summed E-state index contributed by atoms with van der Waals surface area (Å²) in [6.07, 6.45) is 6.37. The number of amides is 2. The second kappa shape index (κ2) is 32.3. The SMILES string of the molecule is C=CC(=O)OCCOC(=O)CCCCCOC.C=CC(=O)OCCOC(=O)CCCCCOC(=O)CC(=O)NCCNC(=O)CC(C)=O. The molecule has 0 fully saturated rings. The molecule has 0 aromatic carbocycles. The van der Waals surface area contributed by atoms with Gasteiger partial charge in [0.15, 0.2) is 0 Å². The topological polar surface area (TPSA) is 216 Å². The van der Waals surface area contributed by atoms with E-state index in [-0.39, 0.29) is 70.7 Å². The second-order valence-electron chi connectivity index (χ2n) is 9.77. The van der Waals surface area contributed by atoms with Crippen LogP contribution in [0.4, 0.5) is 0 Å². The van der Waals surface area contributed by atoms with Gasteiger partial charge >= 0.3 is 29.8 Å². The molecular weight excluding hydrogens is 636 g/mol. The minimum Gasteiger partial charge on any atom is -0.465 e. The Morgan fingerprint density at radius 3 is 1.38 bits per heavy atom. The number of carbonyl (C=O) groups excluding carboxylic acids is 8.